The van der Waals surface area contributed by atoms with Crippen LogP contribution in [0.1, 0.15) is 93.1 Å². The van der Waals surface area contributed by atoms with Gasteiger partial charge in [0.05, 0.1) is 6.42 Å². The predicted octanol–water partition coefficient (Wildman–Crippen LogP) is 3.48. The van der Waals surface area contributed by atoms with E-state index >= 15 is 0 Å². The first-order valence-corrected chi connectivity index (χ1v) is 16.7. The first-order chi connectivity index (χ1) is 22.4. The van der Waals surface area contributed by atoms with Gasteiger partial charge in [0.15, 0.2) is 0 Å². The molecule has 1 aromatic carbocycles. The third kappa shape index (κ3) is 11.2. The van der Waals surface area contributed by atoms with E-state index in [1.165, 1.54) is 9.80 Å². The molecule has 266 valence electrons. The molecule has 2 heterocycles. The standard InChI is InChI=1S/C35H52N4O9/c1-22(2)28(32(44)47-34(3,4)5)37-29(41)25-16-12-19-39(25)30(42)26-17-13-18-38(26)27(40)20-24(36-33(45)48-35(6,7)8)31(43)46-21-23-14-10-9-11-15-23/h9-11,14-15,22,24-26,28H,12-13,16-21H2,1-8H3,(H,36,45)(H,37,41)/t24-,25-,26+,28-/m0/s1. The van der Waals surface area contributed by atoms with E-state index in [1.54, 1.807) is 79.7 Å². The van der Waals surface area contributed by atoms with Crippen LogP contribution in [-0.2, 0) is 44.8 Å². The van der Waals surface area contributed by atoms with Crippen LogP contribution in [0.2, 0.25) is 0 Å². The summed E-state index contributed by atoms with van der Waals surface area (Å²) in [7, 11) is 0. The highest BCUT2D eigenvalue weighted by atomic mass is 16.6. The van der Waals surface area contributed by atoms with E-state index in [9.17, 15) is 28.8 Å². The number of likely N-dealkylation sites (tertiary alicyclic amines) is 2. The number of rotatable bonds is 11. The maximum absolute atomic E-state index is 13.9. The highest BCUT2D eigenvalue weighted by Gasteiger charge is 2.44. The van der Waals surface area contributed by atoms with Crippen LogP contribution in [0.25, 0.3) is 0 Å². The summed E-state index contributed by atoms with van der Waals surface area (Å²) in [5, 5.41) is 5.26. The van der Waals surface area contributed by atoms with Gasteiger partial charge in [-0.15, -0.1) is 0 Å². The van der Waals surface area contributed by atoms with Crippen LogP contribution in [0.15, 0.2) is 30.3 Å². The van der Waals surface area contributed by atoms with E-state index < -0.39 is 71.6 Å². The van der Waals surface area contributed by atoms with Gasteiger partial charge < -0.3 is 34.6 Å². The van der Waals surface area contributed by atoms with Crippen molar-refractivity contribution in [2.75, 3.05) is 13.1 Å². The minimum Gasteiger partial charge on any atom is -0.459 e. The Morgan fingerprint density at radius 2 is 1.38 bits per heavy atom. The number of alkyl carbamates (subject to hydrolysis) is 1. The molecule has 4 atom stereocenters. The molecule has 2 aliphatic heterocycles. The largest absolute Gasteiger partial charge is 0.459 e. The monoisotopic (exact) mass is 672 g/mol. The van der Waals surface area contributed by atoms with Crippen molar-refractivity contribution in [1.29, 1.82) is 0 Å². The van der Waals surface area contributed by atoms with Crippen LogP contribution < -0.4 is 10.6 Å². The molecule has 0 radical (unpaired) electrons. The van der Waals surface area contributed by atoms with E-state index in [4.69, 9.17) is 14.2 Å². The zero-order valence-corrected chi connectivity index (χ0v) is 29.5. The van der Waals surface area contributed by atoms with Gasteiger partial charge >= 0.3 is 18.0 Å². The van der Waals surface area contributed by atoms with Gasteiger partial charge in [0.1, 0.15) is 42.0 Å². The second-order valence-corrected chi connectivity index (χ2v) is 14.7. The van der Waals surface area contributed by atoms with E-state index in [1.807, 2.05) is 6.07 Å². The average molecular weight is 673 g/mol. The molecule has 2 aliphatic rings. The molecular formula is C35H52N4O9. The fourth-order valence-electron chi connectivity index (χ4n) is 5.69. The molecule has 0 saturated carbocycles. The van der Waals surface area contributed by atoms with Crippen molar-refractivity contribution in [2.24, 2.45) is 5.92 Å². The normalized spacial score (nSPS) is 19.4. The van der Waals surface area contributed by atoms with Gasteiger partial charge in [-0.05, 0) is 78.7 Å². The second-order valence-electron chi connectivity index (χ2n) is 14.7. The SMILES string of the molecule is CC(C)[C@H](NC(=O)[C@@H]1CCCN1C(=O)[C@H]1CCCN1C(=O)C[C@H](NC(=O)OC(C)(C)C)C(=O)OCc1ccccc1)C(=O)OC(C)(C)C. The molecule has 2 saturated heterocycles. The van der Waals surface area contributed by atoms with Crippen molar-refractivity contribution in [2.45, 2.75) is 129 Å². The molecule has 0 unspecified atom stereocenters. The number of nitrogens with zero attached hydrogens (tertiary/aromatic N) is 2. The molecule has 0 bridgehead atoms. The lowest BCUT2D eigenvalue weighted by Gasteiger charge is -2.33. The number of esters is 2. The number of nitrogens with one attached hydrogen (secondary N) is 2. The maximum Gasteiger partial charge on any atom is 0.408 e. The third-order valence-electron chi connectivity index (χ3n) is 7.90. The molecule has 13 heteroatoms. The zero-order valence-electron chi connectivity index (χ0n) is 29.5. The number of carbonyl (C=O) groups is 6. The van der Waals surface area contributed by atoms with Crippen molar-refractivity contribution in [3.05, 3.63) is 35.9 Å². The fraction of sp³-hybridized carbons (Fsp3) is 0.657. The van der Waals surface area contributed by atoms with Crippen molar-refractivity contribution in [3.63, 3.8) is 0 Å². The van der Waals surface area contributed by atoms with E-state index in [0.717, 1.165) is 5.56 Å². The lowest BCUT2D eigenvalue weighted by Crippen LogP contribution is -2.56. The van der Waals surface area contributed by atoms with Gasteiger partial charge in [-0.25, -0.2) is 14.4 Å². The summed E-state index contributed by atoms with van der Waals surface area (Å²) in [6.45, 7) is 14.4. The van der Waals surface area contributed by atoms with Crippen molar-refractivity contribution < 1.29 is 43.0 Å². The molecule has 3 rings (SSSR count). The number of benzene rings is 1. The molecule has 2 fully saturated rings. The minimum absolute atomic E-state index is 0.0603. The lowest BCUT2D eigenvalue weighted by molar-refractivity contribution is -0.160. The Balaban J connectivity index is 1.72. The van der Waals surface area contributed by atoms with Crippen LogP contribution >= 0.6 is 0 Å². The summed E-state index contributed by atoms with van der Waals surface area (Å²) in [5.41, 5.74) is -0.851. The van der Waals surface area contributed by atoms with Gasteiger partial charge in [-0.3, -0.25) is 14.4 Å². The number of hydrogen-bond donors (Lipinski definition) is 2. The summed E-state index contributed by atoms with van der Waals surface area (Å²) in [5.74, 6) is -2.97. The average Bonchev–Trinajstić information content (AvgIpc) is 3.67. The van der Waals surface area contributed by atoms with Crippen molar-refractivity contribution in [3.8, 4) is 0 Å². The van der Waals surface area contributed by atoms with Crippen LogP contribution in [0, 0.1) is 5.92 Å². The number of hydrogen-bond acceptors (Lipinski definition) is 9. The lowest BCUT2D eigenvalue weighted by atomic mass is 10.0. The number of ether oxygens (including phenoxy) is 3. The van der Waals surface area contributed by atoms with Crippen LogP contribution in [0.3, 0.4) is 0 Å². The topological polar surface area (TPSA) is 161 Å². The smallest absolute Gasteiger partial charge is 0.408 e. The third-order valence-corrected chi connectivity index (χ3v) is 7.90. The highest BCUT2D eigenvalue weighted by Crippen LogP contribution is 2.26. The molecule has 48 heavy (non-hydrogen) atoms. The Kier molecular flexibility index (Phi) is 13.0. The van der Waals surface area contributed by atoms with Gasteiger partial charge in [0.25, 0.3) is 0 Å². The molecule has 2 N–H and O–H groups in total. The molecular weight excluding hydrogens is 620 g/mol. The van der Waals surface area contributed by atoms with Gasteiger partial charge in [0, 0.05) is 13.1 Å². The molecule has 0 aromatic heterocycles. The predicted molar refractivity (Wildman–Crippen MR) is 176 cm³/mol. The van der Waals surface area contributed by atoms with E-state index in [2.05, 4.69) is 10.6 Å². The number of amides is 4. The summed E-state index contributed by atoms with van der Waals surface area (Å²) >= 11 is 0. The Bertz CT molecular complexity index is 1320. The van der Waals surface area contributed by atoms with E-state index in [0.29, 0.717) is 32.2 Å². The quantitative estimate of drug-likeness (QED) is 0.265. The van der Waals surface area contributed by atoms with Crippen molar-refractivity contribution in [1.82, 2.24) is 20.4 Å². The molecule has 0 spiro atoms. The summed E-state index contributed by atoms with van der Waals surface area (Å²) < 4.78 is 16.3. The van der Waals surface area contributed by atoms with Crippen LogP contribution in [0.5, 0.6) is 0 Å². The Morgan fingerprint density at radius 3 is 1.96 bits per heavy atom. The van der Waals surface area contributed by atoms with Crippen LogP contribution in [0.4, 0.5) is 4.79 Å². The van der Waals surface area contributed by atoms with Gasteiger partial charge in [0.2, 0.25) is 17.7 Å². The van der Waals surface area contributed by atoms with E-state index in [-0.39, 0.29) is 25.0 Å². The Morgan fingerprint density at radius 1 is 0.792 bits per heavy atom. The fourth-order valence-corrected chi connectivity index (χ4v) is 5.69. The first kappa shape index (κ1) is 38.3. The summed E-state index contributed by atoms with van der Waals surface area (Å²) in [6, 6.07) is 5.07. The zero-order chi connectivity index (χ0) is 35.8. The van der Waals surface area contributed by atoms with Crippen molar-refractivity contribution >= 4 is 35.8 Å². The van der Waals surface area contributed by atoms with Gasteiger partial charge in [-0.1, -0.05) is 44.2 Å². The summed E-state index contributed by atoms with van der Waals surface area (Å²) in [6.07, 6.45) is 0.578. The Labute approximate surface area is 283 Å². The first-order valence-electron chi connectivity index (χ1n) is 16.7. The second kappa shape index (κ2) is 16.3. The molecule has 4 amide bonds. The molecule has 13 nitrogen and oxygen atoms in total. The summed E-state index contributed by atoms with van der Waals surface area (Å²) in [4.78, 5) is 82.6. The molecule has 0 aliphatic carbocycles. The highest BCUT2D eigenvalue weighted by molar-refractivity contribution is 5.95. The van der Waals surface area contributed by atoms with Crippen LogP contribution in [-0.4, -0.2) is 94.0 Å². The molecule has 1 aromatic rings. The number of carbonyl (C=O) groups excluding carboxylic acids is 6. The Hall–Kier alpha value is -4.16. The van der Waals surface area contributed by atoms with Gasteiger partial charge in [-0.2, -0.15) is 0 Å². The minimum atomic E-state index is -1.36. The maximum atomic E-state index is 13.9.